The van der Waals surface area contributed by atoms with Crippen LogP contribution in [0.25, 0.3) is 21.9 Å². The average Bonchev–Trinajstić information content (AvgIpc) is 3.02. The number of carbonyl (C=O) groups is 1. The number of ether oxygens (including phenoxy) is 1. The highest BCUT2D eigenvalue weighted by Gasteiger charge is 2.20. The van der Waals surface area contributed by atoms with Crippen LogP contribution in [0.15, 0.2) is 19.7 Å². The first-order valence-corrected chi connectivity index (χ1v) is 10.7. The van der Waals surface area contributed by atoms with Crippen LogP contribution in [0.3, 0.4) is 0 Å². The van der Waals surface area contributed by atoms with Crippen LogP contribution in [0.1, 0.15) is 47.3 Å². The van der Waals surface area contributed by atoms with Crippen LogP contribution >= 0.6 is 0 Å². The Morgan fingerprint density at radius 1 is 1.00 bits per heavy atom. The third-order valence-electron chi connectivity index (χ3n) is 6.48. The van der Waals surface area contributed by atoms with Crippen LogP contribution in [-0.2, 0) is 16.0 Å². The van der Waals surface area contributed by atoms with E-state index in [4.69, 9.17) is 13.6 Å². The van der Waals surface area contributed by atoms with Crippen LogP contribution in [-0.4, -0.2) is 25.7 Å². The molecule has 0 spiro atoms. The molecule has 3 heterocycles. The summed E-state index contributed by atoms with van der Waals surface area (Å²) >= 11 is 0. The van der Waals surface area contributed by atoms with Crippen LogP contribution in [0.5, 0.6) is 0 Å². The number of nitrogens with one attached hydrogen (secondary N) is 1. The summed E-state index contributed by atoms with van der Waals surface area (Å²) in [6.45, 7) is 10.0. The maximum Gasteiger partial charge on any atom is 0.339 e. The van der Waals surface area contributed by atoms with Crippen molar-refractivity contribution in [2.24, 2.45) is 5.92 Å². The number of rotatable bonds is 5. The van der Waals surface area contributed by atoms with E-state index in [1.54, 1.807) is 0 Å². The molecule has 0 atom stereocenters. The summed E-state index contributed by atoms with van der Waals surface area (Å²) in [6, 6.07) is 2.04. The Morgan fingerprint density at radius 3 is 2.40 bits per heavy atom. The zero-order valence-electron chi connectivity index (χ0n) is 18.1. The summed E-state index contributed by atoms with van der Waals surface area (Å²) in [4.78, 5) is 25.0. The predicted molar refractivity (Wildman–Crippen MR) is 116 cm³/mol. The molecule has 1 aromatic carbocycles. The zero-order chi connectivity index (χ0) is 21.4. The monoisotopic (exact) mass is 411 g/mol. The minimum absolute atomic E-state index is 0.0340. The van der Waals surface area contributed by atoms with Crippen molar-refractivity contribution in [3.63, 3.8) is 0 Å². The van der Waals surface area contributed by atoms with Crippen molar-refractivity contribution in [1.82, 2.24) is 5.32 Å². The van der Waals surface area contributed by atoms with Gasteiger partial charge in [-0.3, -0.25) is 4.79 Å². The molecule has 1 aliphatic heterocycles. The highest BCUT2D eigenvalue weighted by Crippen LogP contribution is 2.34. The third kappa shape index (κ3) is 3.76. The molecule has 3 aromatic rings. The maximum absolute atomic E-state index is 12.7. The smallest absolute Gasteiger partial charge is 0.339 e. The third-order valence-corrected chi connectivity index (χ3v) is 6.48. The predicted octanol–water partition coefficient (Wildman–Crippen LogP) is 4.25. The molecule has 0 unspecified atom stereocenters. The van der Waals surface area contributed by atoms with E-state index < -0.39 is 0 Å². The average molecular weight is 411 g/mol. The SMILES string of the molecule is Cc1oc2c(C)c3oc(=O)c(CCC(=O)NCC4CCOCC4)c(C)c3cc2c1C. The Balaban J connectivity index is 1.56. The number of amides is 1. The summed E-state index contributed by atoms with van der Waals surface area (Å²) in [6.07, 6.45) is 2.60. The van der Waals surface area contributed by atoms with E-state index in [0.29, 0.717) is 30.0 Å². The zero-order valence-corrected chi connectivity index (χ0v) is 18.1. The van der Waals surface area contributed by atoms with Gasteiger partial charge in [0.1, 0.15) is 16.9 Å². The number of furan rings is 1. The standard InChI is InChI=1S/C24H29NO5/c1-13-16(4)29-22-15(3)23-20(11-19(13)22)14(2)18(24(27)30-23)5-6-21(26)25-12-17-7-9-28-10-8-17/h11,17H,5-10,12H2,1-4H3,(H,25,26). The number of fused-ring (bicyclic) bond motifs is 2. The van der Waals surface area contributed by atoms with Crippen molar-refractivity contribution >= 4 is 27.8 Å². The van der Waals surface area contributed by atoms with Crippen LogP contribution in [0.4, 0.5) is 0 Å². The summed E-state index contributed by atoms with van der Waals surface area (Å²) < 4.78 is 16.9. The Hall–Kier alpha value is -2.60. The summed E-state index contributed by atoms with van der Waals surface area (Å²) in [5.74, 6) is 1.31. The fourth-order valence-electron chi connectivity index (χ4n) is 4.32. The van der Waals surface area contributed by atoms with E-state index in [0.717, 1.165) is 64.9 Å². The Bertz CT molecular complexity index is 1160. The summed E-state index contributed by atoms with van der Waals surface area (Å²) in [5, 5.41) is 4.94. The molecule has 0 radical (unpaired) electrons. The van der Waals surface area contributed by atoms with Gasteiger partial charge in [0.05, 0.1) is 0 Å². The van der Waals surface area contributed by atoms with E-state index in [2.05, 4.69) is 5.32 Å². The summed E-state index contributed by atoms with van der Waals surface area (Å²) in [7, 11) is 0. The second kappa shape index (κ2) is 8.26. The molecular formula is C24H29NO5. The van der Waals surface area contributed by atoms with Crippen LogP contribution < -0.4 is 10.9 Å². The van der Waals surface area contributed by atoms with E-state index >= 15 is 0 Å². The molecule has 1 saturated heterocycles. The molecule has 1 aliphatic rings. The van der Waals surface area contributed by atoms with Gasteiger partial charge in [-0.25, -0.2) is 4.79 Å². The van der Waals surface area contributed by atoms with E-state index in [1.807, 2.05) is 33.8 Å². The molecular weight excluding hydrogens is 382 g/mol. The lowest BCUT2D eigenvalue weighted by Gasteiger charge is -2.22. The Morgan fingerprint density at radius 2 is 1.67 bits per heavy atom. The molecule has 2 aromatic heterocycles. The largest absolute Gasteiger partial charge is 0.461 e. The van der Waals surface area contributed by atoms with E-state index in [1.165, 1.54) is 0 Å². The maximum atomic E-state index is 12.7. The number of hydrogen-bond acceptors (Lipinski definition) is 5. The molecule has 0 saturated carbocycles. The molecule has 1 fully saturated rings. The second-order valence-corrected chi connectivity index (χ2v) is 8.39. The summed E-state index contributed by atoms with van der Waals surface area (Å²) in [5.41, 5.74) is 4.32. The fraction of sp³-hybridized carbons (Fsp3) is 0.500. The molecule has 0 aliphatic carbocycles. The van der Waals surface area contributed by atoms with Crippen molar-refractivity contribution in [2.45, 2.75) is 53.4 Å². The molecule has 6 nitrogen and oxygen atoms in total. The van der Waals surface area contributed by atoms with Gasteiger partial charge in [-0.1, -0.05) is 0 Å². The van der Waals surface area contributed by atoms with E-state index in [9.17, 15) is 9.59 Å². The lowest BCUT2D eigenvalue weighted by molar-refractivity contribution is -0.121. The minimum atomic E-state index is -0.375. The van der Waals surface area contributed by atoms with Crippen LogP contribution in [0, 0.1) is 33.6 Å². The molecule has 30 heavy (non-hydrogen) atoms. The highest BCUT2D eigenvalue weighted by molar-refractivity contribution is 6.00. The number of carbonyl (C=O) groups excluding carboxylic acids is 1. The van der Waals surface area contributed by atoms with Gasteiger partial charge in [-0.05, 0) is 70.1 Å². The number of aryl methyl sites for hydroxylation is 4. The first-order valence-electron chi connectivity index (χ1n) is 10.7. The minimum Gasteiger partial charge on any atom is -0.461 e. The first kappa shape index (κ1) is 20.7. The quantitative estimate of drug-likeness (QED) is 0.635. The van der Waals surface area contributed by atoms with Gasteiger partial charge < -0.3 is 18.9 Å². The van der Waals surface area contributed by atoms with Crippen molar-refractivity contribution < 1.29 is 18.4 Å². The van der Waals surface area contributed by atoms with E-state index in [-0.39, 0.29) is 18.0 Å². The lowest BCUT2D eigenvalue weighted by atomic mass is 9.98. The van der Waals surface area contributed by atoms with Gasteiger partial charge in [0.2, 0.25) is 5.91 Å². The molecule has 6 heteroatoms. The Labute approximate surface area is 175 Å². The number of benzene rings is 1. The molecule has 160 valence electrons. The van der Waals surface area contributed by atoms with Crippen molar-refractivity contribution in [1.29, 1.82) is 0 Å². The van der Waals surface area contributed by atoms with Gasteiger partial charge in [-0.15, -0.1) is 0 Å². The van der Waals surface area contributed by atoms with Gasteiger partial charge >= 0.3 is 5.63 Å². The fourth-order valence-corrected chi connectivity index (χ4v) is 4.32. The van der Waals surface area contributed by atoms with Crippen molar-refractivity contribution in [3.05, 3.63) is 44.5 Å². The number of hydrogen-bond donors (Lipinski definition) is 1. The van der Waals surface area contributed by atoms with Gasteiger partial charge in [0, 0.05) is 48.1 Å². The topological polar surface area (TPSA) is 81.7 Å². The second-order valence-electron chi connectivity index (χ2n) is 8.39. The van der Waals surface area contributed by atoms with Crippen LogP contribution in [0.2, 0.25) is 0 Å². The lowest BCUT2D eigenvalue weighted by Crippen LogP contribution is -2.32. The highest BCUT2D eigenvalue weighted by atomic mass is 16.5. The normalized spacial score (nSPS) is 15.2. The van der Waals surface area contributed by atoms with Crippen molar-refractivity contribution in [3.8, 4) is 0 Å². The molecule has 1 amide bonds. The van der Waals surface area contributed by atoms with Gasteiger partial charge in [-0.2, -0.15) is 0 Å². The molecule has 0 bridgehead atoms. The Kier molecular flexibility index (Phi) is 5.69. The van der Waals surface area contributed by atoms with Gasteiger partial charge in [0.25, 0.3) is 0 Å². The molecule has 4 rings (SSSR count). The first-order chi connectivity index (χ1) is 14.4. The molecule has 1 N–H and O–H groups in total. The van der Waals surface area contributed by atoms with Crippen molar-refractivity contribution in [2.75, 3.05) is 19.8 Å². The van der Waals surface area contributed by atoms with Gasteiger partial charge in [0.15, 0.2) is 0 Å².